The number of aromatic hydroxyl groups is 1. The van der Waals surface area contributed by atoms with E-state index in [-0.39, 0.29) is 30.6 Å². The predicted molar refractivity (Wildman–Crippen MR) is 139 cm³/mol. The molecule has 1 aromatic rings. The molecule has 1 saturated heterocycles. The maximum Gasteiger partial charge on any atom is 0.334 e. The van der Waals surface area contributed by atoms with Crippen LogP contribution in [0.1, 0.15) is 70.4 Å². The fraction of sp³-hybridized carbons (Fsp3) is 0.720. The van der Waals surface area contributed by atoms with Gasteiger partial charge in [0.1, 0.15) is 17.9 Å². The minimum atomic E-state index is -1.13. The molecule has 1 aromatic heterocycles. The Morgan fingerprint density at radius 3 is 2.45 bits per heavy atom. The molecule has 5 N–H and O–H groups in total. The zero-order valence-corrected chi connectivity index (χ0v) is 22.4. The predicted octanol–water partition coefficient (Wildman–Crippen LogP) is 0.906. The van der Waals surface area contributed by atoms with Crippen molar-refractivity contribution >= 4 is 11.9 Å². The minimum Gasteiger partial charge on any atom is -0.494 e. The lowest BCUT2D eigenvalue weighted by atomic mass is 9.70. The van der Waals surface area contributed by atoms with Crippen molar-refractivity contribution in [2.24, 2.45) is 11.1 Å². The van der Waals surface area contributed by atoms with E-state index in [1.54, 1.807) is 4.90 Å². The fourth-order valence-corrected chi connectivity index (χ4v) is 5.69. The van der Waals surface area contributed by atoms with E-state index < -0.39 is 47.3 Å². The summed E-state index contributed by atoms with van der Waals surface area (Å²) in [7, 11) is 1.53. The number of urea groups is 1. The van der Waals surface area contributed by atoms with Crippen molar-refractivity contribution in [3.63, 3.8) is 0 Å². The number of nitrogens with two attached hydrogens (primary N) is 1. The minimum absolute atomic E-state index is 0.205. The summed E-state index contributed by atoms with van der Waals surface area (Å²) in [6.07, 6.45) is 2.92. The average Bonchev–Trinajstić information content (AvgIpc) is 3.07. The summed E-state index contributed by atoms with van der Waals surface area (Å²) in [4.78, 5) is 42.0. The smallest absolute Gasteiger partial charge is 0.334 e. The highest BCUT2D eigenvalue weighted by Gasteiger charge is 2.48. The van der Waals surface area contributed by atoms with Crippen LogP contribution in [-0.2, 0) is 11.3 Å². The van der Waals surface area contributed by atoms with Crippen LogP contribution in [0.3, 0.4) is 0 Å². The van der Waals surface area contributed by atoms with Crippen molar-refractivity contribution in [2.75, 3.05) is 26.8 Å². The van der Waals surface area contributed by atoms with Crippen molar-refractivity contribution < 1.29 is 19.7 Å². The Balaban J connectivity index is 1.85. The number of carbonyl (C=O) groups is 1. The summed E-state index contributed by atoms with van der Waals surface area (Å²) in [5.41, 5.74) is 3.55. The van der Waals surface area contributed by atoms with Crippen LogP contribution in [-0.4, -0.2) is 80.1 Å². The normalized spacial score (nSPS) is 25.6. The molecule has 210 valence electrons. The Morgan fingerprint density at radius 2 is 1.89 bits per heavy atom. The Hall–Kier alpha value is -3.37. The first-order valence-electron chi connectivity index (χ1n) is 13.0. The van der Waals surface area contributed by atoms with Crippen LogP contribution in [0.5, 0.6) is 5.88 Å². The third-order valence-electron chi connectivity index (χ3n) is 7.92. The quantitative estimate of drug-likeness (QED) is 0.183. The second-order valence-electron chi connectivity index (χ2n) is 10.6. The number of hydrogen-bond acceptors (Lipinski definition) is 8. The summed E-state index contributed by atoms with van der Waals surface area (Å²) in [6.45, 7) is 4.56. The summed E-state index contributed by atoms with van der Waals surface area (Å²) in [5.74, 6) is -1.17. The Morgan fingerprint density at radius 1 is 1.24 bits per heavy atom. The van der Waals surface area contributed by atoms with E-state index >= 15 is 0 Å². The summed E-state index contributed by atoms with van der Waals surface area (Å²) in [5, 5.41) is 38.4. The highest BCUT2D eigenvalue weighted by molar-refractivity contribution is 5.96. The molecule has 1 unspecified atom stereocenters. The fourth-order valence-electron chi connectivity index (χ4n) is 5.69. The van der Waals surface area contributed by atoms with Crippen LogP contribution in [0.2, 0.25) is 0 Å². The van der Waals surface area contributed by atoms with E-state index in [0.717, 1.165) is 20.5 Å². The van der Waals surface area contributed by atoms with Gasteiger partial charge in [0.15, 0.2) is 6.23 Å². The molecule has 0 radical (unpaired) electrons. The van der Waals surface area contributed by atoms with E-state index in [1.165, 1.54) is 7.11 Å². The molecule has 1 aliphatic heterocycles. The summed E-state index contributed by atoms with van der Waals surface area (Å²) >= 11 is 0. The van der Waals surface area contributed by atoms with Gasteiger partial charge in [0, 0.05) is 26.2 Å². The Kier molecular flexibility index (Phi) is 9.22. The lowest BCUT2D eigenvalue weighted by Crippen LogP contribution is -2.47. The molecule has 2 atom stereocenters. The van der Waals surface area contributed by atoms with Gasteiger partial charge in [-0.05, 0) is 43.9 Å². The van der Waals surface area contributed by atoms with Crippen molar-refractivity contribution in [1.29, 1.82) is 10.7 Å². The summed E-state index contributed by atoms with van der Waals surface area (Å²) in [6, 6.07) is 0.558. The molecule has 3 rings (SSSR count). The van der Waals surface area contributed by atoms with E-state index in [0.29, 0.717) is 45.1 Å². The Bertz CT molecular complexity index is 1190. The van der Waals surface area contributed by atoms with Gasteiger partial charge in [-0.3, -0.25) is 24.2 Å². The first kappa shape index (κ1) is 29.2. The summed E-state index contributed by atoms with van der Waals surface area (Å²) < 4.78 is 7.38. The number of rotatable bonds is 11. The van der Waals surface area contributed by atoms with Crippen molar-refractivity contribution in [2.45, 2.75) is 83.6 Å². The number of unbranched alkanes of at least 4 members (excludes halogenated alkanes) is 1. The molecule has 38 heavy (non-hydrogen) atoms. The molecule has 13 nitrogen and oxygen atoms in total. The topological polar surface area (TPSA) is 191 Å². The average molecular weight is 534 g/mol. The second-order valence-corrected chi connectivity index (χ2v) is 10.6. The molecule has 13 heteroatoms. The zero-order valence-electron chi connectivity index (χ0n) is 22.4. The van der Waals surface area contributed by atoms with Gasteiger partial charge in [-0.25, -0.2) is 9.59 Å². The number of ether oxygens (including phenoxy) is 1. The molecular formula is C25H39N7O6. The first-order chi connectivity index (χ1) is 18.0. The standard InChI is InChI=1S/C25H39N7O6/c1-4-5-11-30-21(34)18(19(27)28)22(35)32(24(30)37)16-6-8-25(2,9-7-16)15-17-20(33)31(12-10-26)23(36)29(17)13-14-38-3/h16-17,20,33-34H,4-9,11-15H2,1-3H3,(H3,27,28)/t16?,17-,20?,25?/m0/s1. The monoisotopic (exact) mass is 533 g/mol. The molecule has 2 amide bonds. The second kappa shape index (κ2) is 12.0. The number of aliphatic hydroxyl groups is 1. The van der Waals surface area contributed by atoms with Gasteiger partial charge in [0.05, 0.1) is 18.7 Å². The number of nitrogen functional groups attached to an aromatic ring is 1. The molecule has 0 spiro atoms. The molecule has 1 aliphatic carbocycles. The number of aliphatic hydroxyl groups excluding tert-OH is 1. The number of hydrogen-bond donors (Lipinski definition) is 4. The number of nitrogens with zero attached hydrogens (tertiary/aromatic N) is 5. The van der Waals surface area contributed by atoms with Gasteiger partial charge in [-0.1, -0.05) is 20.3 Å². The molecule has 2 aliphatic rings. The van der Waals surface area contributed by atoms with Gasteiger partial charge < -0.3 is 25.6 Å². The lowest BCUT2D eigenvalue weighted by molar-refractivity contribution is 0.00894. The molecule has 2 heterocycles. The Labute approximate surface area is 221 Å². The van der Waals surface area contributed by atoms with E-state index in [4.69, 9.17) is 21.1 Å². The van der Waals surface area contributed by atoms with Gasteiger partial charge in [-0.2, -0.15) is 5.26 Å². The van der Waals surface area contributed by atoms with Crippen molar-refractivity contribution in [3.8, 4) is 11.9 Å². The number of nitrogens with one attached hydrogen (secondary N) is 1. The van der Waals surface area contributed by atoms with E-state index in [9.17, 15) is 24.6 Å². The number of carbonyl (C=O) groups excluding carboxylic acids is 1. The van der Waals surface area contributed by atoms with E-state index in [1.807, 2.05) is 13.0 Å². The largest absolute Gasteiger partial charge is 0.494 e. The first-order valence-corrected chi connectivity index (χ1v) is 13.0. The van der Waals surface area contributed by atoms with Crippen LogP contribution in [0.15, 0.2) is 9.59 Å². The maximum atomic E-state index is 13.3. The number of nitriles is 1. The van der Waals surface area contributed by atoms with Gasteiger partial charge >= 0.3 is 11.7 Å². The van der Waals surface area contributed by atoms with Gasteiger partial charge in [0.2, 0.25) is 5.88 Å². The maximum absolute atomic E-state index is 13.3. The van der Waals surface area contributed by atoms with E-state index in [2.05, 4.69) is 6.92 Å². The van der Waals surface area contributed by atoms with Crippen LogP contribution >= 0.6 is 0 Å². The van der Waals surface area contributed by atoms with Crippen LogP contribution < -0.4 is 17.0 Å². The SMILES string of the molecule is CCCCn1c(O)c(C(=N)N)c(=O)n(C2CCC(C)(C[C@H]3C(O)N(CC#N)C(=O)N3CCOC)CC2)c1=O. The van der Waals surface area contributed by atoms with Gasteiger partial charge in [0.25, 0.3) is 5.56 Å². The number of amidine groups is 1. The third-order valence-corrected chi connectivity index (χ3v) is 7.92. The van der Waals surface area contributed by atoms with Crippen molar-refractivity contribution in [1.82, 2.24) is 18.9 Å². The van der Waals surface area contributed by atoms with Crippen LogP contribution in [0.25, 0.3) is 0 Å². The number of aromatic nitrogens is 2. The third kappa shape index (κ3) is 5.56. The molecule has 0 aromatic carbocycles. The zero-order chi connectivity index (χ0) is 28.2. The molecule has 2 fully saturated rings. The molecule has 1 saturated carbocycles. The number of methoxy groups -OCH3 is 1. The highest BCUT2D eigenvalue weighted by atomic mass is 16.5. The lowest BCUT2D eigenvalue weighted by Gasteiger charge is -2.41. The van der Waals surface area contributed by atoms with Crippen molar-refractivity contribution in [3.05, 3.63) is 26.4 Å². The van der Waals surface area contributed by atoms with Crippen LogP contribution in [0, 0.1) is 22.2 Å². The van der Waals surface area contributed by atoms with Crippen LogP contribution in [0.4, 0.5) is 4.79 Å². The highest BCUT2D eigenvalue weighted by Crippen LogP contribution is 2.45. The molecule has 0 bridgehead atoms. The van der Waals surface area contributed by atoms with Gasteiger partial charge in [-0.15, -0.1) is 0 Å². The molecular weight excluding hydrogens is 494 g/mol. The number of amides is 2.